The van der Waals surface area contributed by atoms with E-state index in [0.717, 1.165) is 24.2 Å². The molecule has 0 aliphatic heterocycles. The molecule has 3 N–H and O–H groups in total. The normalized spacial score (nSPS) is 11.6. The number of carbonyl (C=O) groups is 1. The van der Waals surface area contributed by atoms with Crippen molar-refractivity contribution in [2.24, 2.45) is 5.73 Å². The fourth-order valence-electron chi connectivity index (χ4n) is 1.73. The molecule has 0 spiro atoms. The molecule has 1 atom stereocenters. The van der Waals surface area contributed by atoms with Crippen LogP contribution in [-0.4, -0.2) is 44.3 Å². The molecule has 0 radical (unpaired) electrons. The molecule has 1 aromatic rings. The Bertz CT molecular complexity index is 451. The molecule has 0 amide bonds. The third-order valence-corrected chi connectivity index (χ3v) is 2.87. The number of nitrogens with one attached hydrogen (secondary N) is 1. The predicted octanol–water partition coefficient (Wildman–Crippen LogP) is -1.17. The van der Waals surface area contributed by atoms with E-state index in [1.165, 1.54) is 0 Å². The van der Waals surface area contributed by atoms with Crippen molar-refractivity contribution in [1.82, 2.24) is 0 Å². The Hall–Kier alpha value is 0.516. The summed E-state index contributed by atoms with van der Waals surface area (Å²) < 4.78 is 15.9. The van der Waals surface area contributed by atoms with E-state index in [0.29, 0.717) is 6.54 Å². The van der Waals surface area contributed by atoms with Gasteiger partial charge in [-0.25, -0.2) is 0 Å². The number of ether oxygens (including phenoxy) is 3. The Kier molecular flexibility index (Phi) is 15.2. The second-order valence-electron chi connectivity index (χ2n) is 4.67. The zero-order valence-electron chi connectivity index (χ0n) is 13.5. The average Bonchev–Trinajstić information content (AvgIpc) is 2.50. The number of hydrogen-bond donors (Lipinski definition) is 2. The minimum Gasteiger partial charge on any atom is -0.677 e. The number of nitrogens with two attached hydrogens (primary N) is 1. The van der Waals surface area contributed by atoms with Gasteiger partial charge in [-0.2, -0.15) is 6.54 Å². The molecule has 8 heteroatoms. The zero-order chi connectivity index (χ0) is 16.2. The van der Waals surface area contributed by atoms with Crippen molar-refractivity contribution in [1.29, 1.82) is 0 Å². The van der Waals surface area contributed by atoms with Crippen LogP contribution < -0.4 is 61.9 Å². The summed E-state index contributed by atoms with van der Waals surface area (Å²) in [6, 6.07) is 7.74. The molecular weight excluding hydrogens is 343 g/mol. The Morgan fingerprint density at radius 1 is 1.35 bits per heavy atom. The monoisotopic (exact) mass is 366 g/mol. The molecule has 1 rings (SSSR count). The second-order valence-corrected chi connectivity index (χ2v) is 5.17. The number of carbonyl (C=O) groups excluding carboxylic acids is 1. The predicted molar refractivity (Wildman–Crippen MR) is 88.2 cm³/mol. The molecular formula is C15H23KN2O4S. The van der Waals surface area contributed by atoms with E-state index < -0.39 is 6.23 Å². The van der Waals surface area contributed by atoms with Gasteiger partial charge in [0, 0.05) is 0 Å². The van der Waals surface area contributed by atoms with Gasteiger partial charge in [0.2, 0.25) is 5.12 Å². The number of hydrogen-bond acceptors (Lipinski definition) is 5. The van der Waals surface area contributed by atoms with Crippen LogP contribution in [0.15, 0.2) is 24.3 Å². The first-order chi connectivity index (χ1) is 10.6. The first-order valence-electron chi connectivity index (χ1n) is 7.15. The van der Waals surface area contributed by atoms with Gasteiger partial charge >= 0.3 is 51.4 Å². The minimum atomic E-state index is -0.563. The third kappa shape index (κ3) is 12.5. The maximum atomic E-state index is 10.5. The number of aryl methyl sites for hydroxylation is 1. The van der Waals surface area contributed by atoms with E-state index in [1.807, 2.05) is 24.3 Å². The Morgan fingerprint density at radius 2 is 2.13 bits per heavy atom. The molecule has 23 heavy (non-hydrogen) atoms. The van der Waals surface area contributed by atoms with Crippen LogP contribution in [0.1, 0.15) is 12.0 Å². The van der Waals surface area contributed by atoms with Gasteiger partial charge in [0.15, 0.2) is 0 Å². The van der Waals surface area contributed by atoms with E-state index in [2.05, 4.69) is 12.6 Å². The quantitative estimate of drug-likeness (QED) is 0.210. The maximum absolute atomic E-state index is 10.5. The molecule has 6 nitrogen and oxygen atoms in total. The second kappa shape index (κ2) is 14.8. The van der Waals surface area contributed by atoms with Crippen LogP contribution in [0.25, 0.3) is 5.73 Å². The smallest absolute Gasteiger partial charge is 0.677 e. The van der Waals surface area contributed by atoms with Crippen molar-refractivity contribution in [3.05, 3.63) is 35.6 Å². The number of thiol groups is 1. The van der Waals surface area contributed by atoms with E-state index >= 15 is 0 Å². The van der Waals surface area contributed by atoms with Crippen molar-refractivity contribution in [2.45, 2.75) is 19.1 Å². The van der Waals surface area contributed by atoms with Crippen LogP contribution >= 0.6 is 12.6 Å². The summed E-state index contributed by atoms with van der Waals surface area (Å²) in [5.41, 5.74) is 14.1. The SMILES string of the molecule is [K+].[NH-]CCCc1cccc(OCC(N)OCCOCC(=O)S)c1. The molecule has 1 aromatic carbocycles. The van der Waals surface area contributed by atoms with Crippen LogP contribution in [-0.2, 0) is 20.7 Å². The molecule has 1 unspecified atom stereocenters. The van der Waals surface area contributed by atoms with Crippen LogP contribution in [0.5, 0.6) is 5.75 Å². The van der Waals surface area contributed by atoms with Crippen LogP contribution in [0, 0.1) is 0 Å². The van der Waals surface area contributed by atoms with E-state index in [-0.39, 0.29) is 82.9 Å². The maximum Gasteiger partial charge on any atom is 1.00 e. The summed E-state index contributed by atoms with van der Waals surface area (Å²) in [4.78, 5) is 10.5. The van der Waals surface area contributed by atoms with E-state index in [9.17, 15) is 4.79 Å². The Labute approximate surface area is 185 Å². The van der Waals surface area contributed by atoms with Crippen molar-refractivity contribution in [3.8, 4) is 5.75 Å². The van der Waals surface area contributed by atoms with Gasteiger partial charge in [-0.05, 0) is 24.1 Å². The Balaban J connectivity index is 0.00000484. The molecule has 124 valence electrons. The standard InChI is InChI=1S/C15H23N2O4S.K/c16-6-2-4-12-3-1-5-13(9-12)21-10-14(17)20-8-7-19-11-15(18)22;/h1,3,5,9,14,16H,2,4,6-8,10-11,17H2,(H,18,22);/q-1;+1. The van der Waals surface area contributed by atoms with Gasteiger partial charge in [0.25, 0.3) is 0 Å². The molecule has 0 heterocycles. The minimum absolute atomic E-state index is 0. The van der Waals surface area contributed by atoms with E-state index in [1.54, 1.807) is 0 Å². The molecule has 0 aliphatic rings. The molecule has 0 fully saturated rings. The van der Waals surface area contributed by atoms with Gasteiger partial charge in [0.05, 0.1) is 13.2 Å². The van der Waals surface area contributed by atoms with Crippen LogP contribution in [0.3, 0.4) is 0 Å². The van der Waals surface area contributed by atoms with Gasteiger partial charge in [-0.1, -0.05) is 18.6 Å². The van der Waals surface area contributed by atoms with Crippen molar-refractivity contribution >= 4 is 17.7 Å². The first-order valence-corrected chi connectivity index (χ1v) is 7.59. The summed E-state index contributed by atoms with van der Waals surface area (Å²) in [7, 11) is 0. The molecule has 0 saturated carbocycles. The van der Waals surface area contributed by atoms with Crippen LogP contribution in [0.2, 0.25) is 0 Å². The largest absolute Gasteiger partial charge is 1.00 e. The van der Waals surface area contributed by atoms with Gasteiger partial charge in [0.1, 0.15) is 25.2 Å². The average molecular weight is 367 g/mol. The molecule has 0 saturated heterocycles. The fourth-order valence-corrected chi connectivity index (χ4v) is 1.82. The van der Waals surface area contributed by atoms with Gasteiger partial charge in [-0.15, -0.1) is 12.6 Å². The summed E-state index contributed by atoms with van der Waals surface area (Å²) in [6.07, 6.45) is 1.14. The number of rotatable bonds is 12. The summed E-state index contributed by atoms with van der Waals surface area (Å²) in [5.74, 6) is 0.735. The van der Waals surface area contributed by atoms with Gasteiger partial charge in [-0.3, -0.25) is 4.79 Å². The van der Waals surface area contributed by atoms with E-state index in [4.69, 9.17) is 25.7 Å². The molecule has 0 aromatic heterocycles. The molecule has 0 aliphatic carbocycles. The fraction of sp³-hybridized carbons (Fsp3) is 0.533. The Morgan fingerprint density at radius 3 is 2.83 bits per heavy atom. The first kappa shape index (κ1) is 23.5. The van der Waals surface area contributed by atoms with Crippen molar-refractivity contribution in [3.63, 3.8) is 0 Å². The van der Waals surface area contributed by atoms with Crippen molar-refractivity contribution in [2.75, 3.05) is 33.0 Å². The number of benzene rings is 1. The van der Waals surface area contributed by atoms with Crippen molar-refractivity contribution < 1.29 is 70.4 Å². The topological polar surface area (TPSA) is 94.6 Å². The molecule has 0 bridgehead atoms. The van der Waals surface area contributed by atoms with Crippen LogP contribution in [0.4, 0.5) is 0 Å². The zero-order valence-corrected chi connectivity index (χ0v) is 17.5. The summed E-state index contributed by atoms with van der Waals surface area (Å²) in [5, 5.41) is -0.321. The summed E-state index contributed by atoms with van der Waals surface area (Å²) in [6.45, 7) is 1.18. The van der Waals surface area contributed by atoms with Gasteiger partial charge < -0.3 is 25.7 Å². The summed E-state index contributed by atoms with van der Waals surface area (Å²) >= 11 is 3.58. The third-order valence-electron chi connectivity index (χ3n) is 2.74.